The molecule has 0 spiro atoms. The summed E-state index contributed by atoms with van der Waals surface area (Å²) in [7, 11) is 4.77. The molecular weight excluding hydrogens is 101 g/mol. The molecule has 0 aliphatic carbocycles. The molecule has 0 aromatic carbocycles. The topological polar surface area (TPSA) is 44.2 Å². The number of hydrogen-bond acceptors (Lipinski definition) is 2. The summed E-state index contributed by atoms with van der Waals surface area (Å²) in [5.74, 6) is 0. The van der Waals surface area contributed by atoms with Crippen LogP contribution in [0.2, 0.25) is 0 Å². The minimum Gasteiger partial charge on any atom is -0.448 e. The summed E-state index contributed by atoms with van der Waals surface area (Å²) in [4.78, 5) is 0. The summed E-state index contributed by atoms with van der Waals surface area (Å²) in [6.45, 7) is 2.85. The van der Waals surface area contributed by atoms with E-state index < -0.39 is 0 Å². The highest BCUT2D eigenvalue weighted by Gasteiger charge is 1.79. The van der Waals surface area contributed by atoms with Gasteiger partial charge in [-0.25, -0.2) is 0 Å². The standard InChI is InChI=1S/C5H11BO.H3N/c1-2-3-4-5-7-6;/h2-5H2,1H3;1H3. The quantitative estimate of drug-likeness (QED) is 0.445. The lowest BCUT2D eigenvalue weighted by molar-refractivity contribution is 0.335. The van der Waals surface area contributed by atoms with Crippen LogP contribution in [0.3, 0.4) is 0 Å². The number of unbranched alkanes of at least 4 members (excludes halogenated alkanes) is 2. The van der Waals surface area contributed by atoms with E-state index >= 15 is 0 Å². The third-order valence-corrected chi connectivity index (χ3v) is 0.866. The lowest BCUT2D eigenvalue weighted by Gasteiger charge is -1.93. The summed E-state index contributed by atoms with van der Waals surface area (Å²) in [5, 5.41) is 0. The molecule has 0 aliphatic heterocycles. The number of rotatable bonds is 4. The predicted octanol–water partition coefficient (Wildman–Crippen LogP) is 1.44. The van der Waals surface area contributed by atoms with Gasteiger partial charge in [-0.3, -0.25) is 0 Å². The van der Waals surface area contributed by atoms with Crippen molar-refractivity contribution in [3.63, 3.8) is 0 Å². The van der Waals surface area contributed by atoms with Gasteiger partial charge in [-0.2, -0.15) is 0 Å². The summed E-state index contributed by atoms with van der Waals surface area (Å²) < 4.78 is 4.34. The Balaban J connectivity index is 0. The van der Waals surface area contributed by atoms with Crippen LogP contribution in [0.4, 0.5) is 0 Å². The third-order valence-electron chi connectivity index (χ3n) is 0.866. The van der Waals surface area contributed by atoms with Gasteiger partial charge in [-0.05, 0) is 6.42 Å². The molecule has 0 rings (SSSR count). The molecule has 0 atom stereocenters. The molecule has 0 aromatic rings. The van der Waals surface area contributed by atoms with E-state index in [2.05, 4.69) is 11.6 Å². The zero-order valence-corrected chi connectivity index (χ0v) is 5.52. The zero-order chi connectivity index (χ0) is 5.54. The molecule has 0 fully saturated rings. The Bertz CT molecular complexity index is 31.6. The molecule has 3 heteroatoms. The molecule has 0 amide bonds. The lowest BCUT2D eigenvalue weighted by Crippen LogP contribution is -1.87. The van der Waals surface area contributed by atoms with E-state index in [0.29, 0.717) is 6.61 Å². The van der Waals surface area contributed by atoms with Gasteiger partial charge in [0.1, 0.15) is 0 Å². The highest BCUT2D eigenvalue weighted by Crippen LogP contribution is 1.91. The van der Waals surface area contributed by atoms with Crippen molar-refractivity contribution < 1.29 is 4.65 Å². The van der Waals surface area contributed by atoms with Crippen molar-refractivity contribution in [2.45, 2.75) is 26.2 Å². The van der Waals surface area contributed by atoms with E-state index in [-0.39, 0.29) is 6.15 Å². The summed E-state index contributed by atoms with van der Waals surface area (Å²) >= 11 is 0. The van der Waals surface area contributed by atoms with E-state index in [1.54, 1.807) is 0 Å². The van der Waals surface area contributed by atoms with Gasteiger partial charge in [0.25, 0.3) is 8.05 Å². The molecule has 0 saturated carbocycles. The Morgan fingerprint density at radius 3 is 2.38 bits per heavy atom. The van der Waals surface area contributed by atoms with Crippen molar-refractivity contribution in [3.05, 3.63) is 0 Å². The average Bonchev–Trinajstić information content (AvgIpc) is 1.69. The van der Waals surface area contributed by atoms with Gasteiger partial charge < -0.3 is 10.8 Å². The van der Waals surface area contributed by atoms with Crippen LogP contribution in [0.15, 0.2) is 0 Å². The first-order valence-electron chi connectivity index (χ1n) is 2.73. The first kappa shape index (κ1) is 10.9. The third kappa shape index (κ3) is 9.37. The zero-order valence-electron chi connectivity index (χ0n) is 5.52. The van der Waals surface area contributed by atoms with E-state index in [9.17, 15) is 0 Å². The summed E-state index contributed by atoms with van der Waals surface area (Å²) in [6, 6.07) is 0. The van der Waals surface area contributed by atoms with Gasteiger partial charge in [0.05, 0.1) is 0 Å². The van der Waals surface area contributed by atoms with Crippen molar-refractivity contribution >= 4 is 8.05 Å². The molecule has 0 saturated heterocycles. The van der Waals surface area contributed by atoms with Crippen LogP contribution in [0, 0.1) is 0 Å². The van der Waals surface area contributed by atoms with E-state index in [0.717, 1.165) is 6.42 Å². The number of hydrogen-bond donors (Lipinski definition) is 1. The SMILES string of the molecule is N.[B]OCCCCC. The lowest BCUT2D eigenvalue weighted by atomic mass is 10.3. The second kappa shape index (κ2) is 10.1. The molecule has 0 aliphatic rings. The fraction of sp³-hybridized carbons (Fsp3) is 1.00. The second-order valence-electron chi connectivity index (χ2n) is 1.58. The van der Waals surface area contributed by atoms with Crippen LogP contribution in [-0.4, -0.2) is 14.7 Å². The van der Waals surface area contributed by atoms with Crippen molar-refractivity contribution in [1.82, 2.24) is 6.15 Å². The minimum atomic E-state index is 0. The second-order valence-corrected chi connectivity index (χ2v) is 1.58. The molecule has 0 aromatic heterocycles. The molecule has 8 heavy (non-hydrogen) atoms. The fourth-order valence-corrected chi connectivity index (χ4v) is 0.435. The van der Waals surface area contributed by atoms with Crippen LogP contribution < -0.4 is 6.15 Å². The Labute approximate surface area is 52.6 Å². The molecule has 0 heterocycles. The first-order valence-corrected chi connectivity index (χ1v) is 2.73. The molecule has 3 N–H and O–H groups in total. The summed E-state index contributed by atoms with van der Waals surface area (Å²) in [5.41, 5.74) is 0. The molecule has 48 valence electrons. The van der Waals surface area contributed by atoms with Gasteiger partial charge in [0.2, 0.25) is 0 Å². The van der Waals surface area contributed by atoms with Crippen LogP contribution >= 0.6 is 0 Å². The van der Waals surface area contributed by atoms with E-state index in [1.807, 2.05) is 0 Å². The van der Waals surface area contributed by atoms with Gasteiger partial charge in [0, 0.05) is 6.61 Å². The maximum atomic E-state index is 4.77. The van der Waals surface area contributed by atoms with Crippen molar-refractivity contribution in [3.8, 4) is 0 Å². The molecule has 0 unspecified atom stereocenters. The van der Waals surface area contributed by atoms with Crippen LogP contribution in [0.1, 0.15) is 26.2 Å². The predicted molar refractivity (Wildman–Crippen MR) is 36.3 cm³/mol. The normalized spacial score (nSPS) is 8.12. The van der Waals surface area contributed by atoms with Crippen molar-refractivity contribution in [1.29, 1.82) is 0 Å². The Kier molecular flexibility index (Phi) is 13.7. The Morgan fingerprint density at radius 2 is 2.00 bits per heavy atom. The van der Waals surface area contributed by atoms with Crippen LogP contribution in [-0.2, 0) is 4.65 Å². The highest BCUT2D eigenvalue weighted by molar-refractivity contribution is 5.97. The van der Waals surface area contributed by atoms with Gasteiger partial charge >= 0.3 is 0 Å². The highest BCUT2D eigenvalue weighted by atomic mass is 16.4. The van der Waals surface area contributed by atoms with Gasteiger partial charge in [0.15, 0.2) is 0 Å². The Hall–Kier alpha value is -0.0151. The molecule has 2 nitrogen and oxygen atoms in total. The fourth-order valence-electron chi connectivity index (χ4n) is 0.435. The Morgan fingerprint density at radius 1 is 1.38 bits per heavy atom. The van der Waals surface area contributed by atoms with Crippen molar-refractivity contribution in [2.24, 2.45) is 0 Å². The van der Waals surface area contributed by atoms with E-state index in [1.165, 1.54) is 12.8 Å². The molecule has 0 bridgehead atoms. The van der Waals surface area contributed by atoms with E-state index in [4.69, 9.17) is 8.05 Å². The average molecular weight is 115 g/mol. The van der Waals surface area contributed by atoms with Crippen LogP contribution in [0.5, 0.6) is 0 Å². The summed E-state index contributed by atoms with van der Waals surface area (Å²) in [6.07, 6.45) is 3.54. The molecular formula is C5H14BNO. The largest absolute Gasteiger partial charge is 0.448 e. The van der Waals surface area contributed by atoms with Crippen molar-refractivity contribution in [2.75, 3.05) is 6.61 Å². The smallest absolute Gasteiger partial charge is 0.282 e. The maximum Gasteiger partial charge on any atom is 0.282 e. The monoisotopic (exact) mass is 115 g/mol. The molecule has 2 radical (unpaired) electrons. The minimum absolute atomic E-state index is 0. The van der Waals surface area contributed by atoms with Gasteiger partial charge in [-0.1, -0.05) is 19.8 Å². The van der Waals surface area contributed by atoms with Crippen LogP contribution in [0.25, 0.3) is 0 Å². The van der Waals surface area contributed by atoms with Gasteiger partial charge in [-0.15, -0.1) is 0 Å². The first-order chi connectivity index (χ1) is 3.41. The maximum absolute atomic E-state index is 4.77.